The molecule has 0 aliphatic heterocycles. The van der Waals surface area contributed by atoms with Gasteiger partial charge in [-0.1, -0.05) is 12.1 Å². The smallest absolute Gasteiger partial charge is 0.160 e. The topological polar surface area (TPSA) is 57.4 Å². The van der Waals surface area contributed by atoms with Crippen LogP contribution in [0.4, 0.5) is 0 Å². The van der Waals surface area contributed by atoms with Gasteiger partial charge in [0.05, 0.1) is 14.2 Å². The van der Waals surface area contributed by atoms with Crippen molar-refractivity contribution in [2.45, 2.75) is 19.4 Å². The van der Waals surface area contributed by atoms with Gasteiger partial charge in [-0.05, 0) is 42.2 Å². The summed E-state index contributed by atoms with van der Waals surface area (Å²) in [4.78, 5) is 4.18. The number of hydrogen-bond acceptors (Lipinski definition) is 4. The van der Waals surface area contributed by atoms with Gasteiger partial charge < -0.3 is 15.2 Å². The summed E-state index contributed by atoms with van der Waals surface area (Å²) in [5.74, 6) is 1.45. The number of pyridine rings is 1. The molecule has 1 aromatic carbocycles. The second-order valence-electron chi connectivity index (χ2n) is 4.80. The second-order valence-corrected chi connectivity index (χ2v) is 4.80. The summed E-state index contributed by atoms with van der Waals surface area (Å²) in [6, 6.07) is 7.85. The summed E-state index contributed by atoms with van der Waals surface area (Å²) in [6.45, 7) is 2.01. The summed E-state index contributed by atoms with van der Waals surface area (Å²) in [7, 11) is 3.26. The average molecular weight is 272 g/mol. The van der Waals surface area contributed by atoms with Gasteiger partial charge in [-0.2, -0.15) is 0 Å². The highest BCUT2D eigenvalue weighted by Crippen LogP contribution is 2.29. The van der Waals surface area contributed by atoms with Gasteiger partial charge in [-0.3, -0.25) is 4.98 Å². The van der Waals surface area contributed by atoms with Gasteiger partial charge in [-0.15, -0.1) is 0 Å². The normalized spacial score (nSPS) is 12.0. The number of aromatic nitrogens is 1. The molecule has 0 spiro atoms. The highest BCUT2D eigenvalue weighted by atomic mass is 16.5. The van der Waals surface area contributed by atoms with Crippen molar-refractivity contribution in [1.82, 2.24) is 4.98 Å². The van der Waals surface area contributed by atoms with Gasteiger partial charge in [0.2, 0.25) is 0 Å². The Morgan fingerprint density at radius 3 is 2.50 bits per heavy atom. The third-order valence-electron chi connectivity index (χ3n) is 3.23. The predicted octanol–water partition coefficient (Wildman–Crippen LogP) is 2.65. The average Bonchev–Trinajstić information content (AvgIpc) is 2.47. The zero-order valence-corrected chi connectivity index (χ0v) is 12.1. The number of aryl methyl sites for hydroxylation is 1. The maximum atomic E-state index is 6.25. The molecule has 1 aromatic heterocycles. The van der Waals surface area contributed by atoms with Crippen molar-refractivity contribution in [2.24, 2.45) is 5.73 Å². The first-order chi connectivity index (χ1) is 9.63. The minimum absolute atomic E-state index is 0.0829. The molecule has 0 bridgehead atoms. The Balaban J connectivity index is 2.17. The van der Waals surface area contributed by atoms with E-state index < -0.39 is 0 Å². The van der Waals surface area contributed by atoms with E-state index in [0.717, 1.165) is 34.6 Å². The van der Waals surface area contributed by atoms with Crippen molar-refractivity contribution in [3.63, 3.8) is 0 Å². The quantitative estimate of drug-likeness (QED) is 0.909. The molecule has 106 valence electrons. The predicted molar refractivity (Wildman–Crippen MR) is 79.2 cm³/mol. The van der Waals surface area contributed by atoms with Crippen LogP contribution in [-0.2, 0) is 6.42 Å². The zero-order valence-electron chi connectivity index (χ0n) is 12.1. The molecular weight excluding hydrogens is 252 g/mol. The molecule has 4 nitrogen and oxygen atoms in total. The molecule has 0 saturated carbocycles. The van der Waals surface area contributed by atoms with Crippen molar-refractivity contribution >= 4 is 0 Å². The van der Waals surface area contributed by atoms with Crippen molar-refractivity contribution in [1.29, 1.82) is 0 Å². The van der Waals surface area contributed by atoms with Crippen molar-refractivity contribution < 1.29 is 9.47 Å². The van der Waals surface area contributed by atoms with Crippen LogP contribution in [-0.4, -0.2) is 19.2 Å². The number of hydrogen-bond donors (Lipinski definition) is 1. The van der Waals surface area contributed by atoms with E-state index in [1.807, 2.05) is 37.5 Å². The molecule has 1 atom stereocenters. The largest absolute Gasteiger partial charge is 0.493 e. The van der Waals surface area contributed by atoms with E-state index >= 15 is 0 Å². The van der Waals surface area contributed by atoms with Crippen molar-refractivity contribution in [3.8, 4) is 11.5 Å². The third-order valence-corrected chi connectivity index (χ3v) is 3.23. The maximum absolute atomic E-state index is 6.25. The number of benzene rings is 1. The molecule has 2 aromatic rings. The minimum atomic E-state index is -0.0829. The molecule has 1 heterocycles. The Bertz CT molecular complexity index is 584. The van der Waals surface area contributed by atoms with E-state index in [-0.39, 0.29) is 6.04 Å². The van der Waals surface area contributed by atoms with Gasteiger partial charge >= 0.3 is 0 Å². The number of ether oxygens (including phenoxy) is 2. The zero-order chi connectivity index (χ0) is 14.5. The molecule has 4 heteroatoms. The maximum Gasteiger partial charge on any atom is 0.160 e. The van der Waals surface area contributed by atoms with E-state index in [0.29, 0.717) is 0 Å². The minimum Gasteiger partial charge on any atom is -0.493 e. The van der Waals surface area contributed by atoms with Crippen LogP contribution < -0.4 is 15.2 Å². The lowest BCUT2D eigenvalue weighted by atomic mass is 10.00. The first-order valence-electron chi connectivity index (χ1n) is 6.52. The molecule has 20 heavy (non-hydrogen) atoms. The van der Waals surface area contributed by atoms with Gasteiger partial charge in [0.1, 0.15) is 0 Å². The Morgan fingerprint density at radius 1 is 1.10 bits per heavy atom. The monoisotopic (exact) mass is 272 g/mol. The summed E-state index contributed by atoms with van der Waals surface area (Å²) in [5, 5.41) is 0. The molecular formula is C16H20N2O2. The molecule has 2 rings (SSSR count). The highest BCUT2D eigenvalue weighted by Gasteiger charge is 2.10. The third kappa shape index (κ3) is 3.27. The van der Waals surface area contributed by atoms with Crippen LogP contribution in [0.2, 0.25) is 0 Å². The fraction of sp³-hybridized carbons (Fsp3) is 0.312. The van der Waals surface area contributed by atoms with Crippen molar-refractivity contribution in [2.75, 3.05) is 14.2 Å². The lowest BCUT2D eigenvalue weighted by molar-refractivity contribution is 0.354. The van der Waals surface area contributed by atoms with Gasteiger partial charge in [0, 0.05) is 18.4 Å². The molecule has 0 radical (unpaired) electrons. The number of methoxy groups -OCH3 is 2. The summed E-state index contributed by atoms with van der Waals surface area (Å²) in [5.41, 5.74) is 9.51. The molecule has 2 N–H and O–H groups in total. The summed E-state index contributed by atoms with van der Waals surface area (Å²) < 4.78 is 10.5. The Hall–Kier alpha value is -2.07. The SMILES string of the molecule is COc1ccc(CC(N)c2cncc(C)c2)cc1OC. The van der Waals surface area contributed by atoms with E-state index in [4.69, 9.17) is 15.2 Å². The Morgan fingerprint density at radius 2 is 1.85 bits per heavy atom. The molecule has 0 amide bonds. The van der Waals surface area contributed by atoms with Crippen LogP contribution in [0.1, 0.15) is 22.7 Å². The first-order valence-corrected chi connectivity index (χ1v) is 6.52. The molecule has 0 fully saturated rings. The molecule has 1 unspecified atom stereocenters. The Kier molecular flexibility index (Phi) is 4.58. The van der Waals surface area contributed by atoms with Gasteiger partial charge in [0.25, 0.3) is 0 Å². The summed E-state index contributed by atoms with van der Waals surface area (Å²) >= 11 is 0. The van der Waals surface area contributed by atoms with E-state index in [9.17, 15) is 0 Å². The van der Waals surface area contributed by atoms with Gasteiger partial charge in [0.15, 0.2) is 11.5 Å². The van der Waals surface area contributed by atoms with Crippen LogP contribution in [0.5, 0.6) is 11.5 Å². The lowest BCUT2D eigenvalue weighted by Gasteiger charge is -2.14. The van der Waals surface area contributed by atoms with E-state index in [1.165, 1.54) is 0 Å². The first kappa shape index (κ1) is 14.3. The van der Waals surface area contributed by atoms with Crippen molar-refractivity contribution in [3.05, 3.63) is 53.3 Å². The highest BCUT2D eigenvalue weighted by molar-refractivity contribution is 5.43. The number of nitrogens with two attached hydrogens (primary N) is 1. The fourth-order valence-electron chi connectivity index (χ4n) is 2.16. The lowest BCUT2D eigenvalue weighted by Crippen LogP contribution is -2.14. The molecule has 0 aliphatic rings. The van der Waals surface area contributed by atoms with Crippen LogP contribution in [0.15, 0.2) is 36.7 Å². The van der Waals surface area contributed by atoms with Crippen LogP contribution in [0.3, 0.4) is 0 Å². The van der Waals surface area contributed by atoms with Crippen LogP contribution in [0, 0.1) is 6.92 Å². The molecule has 0 saturated heterocycles. The fourth-order valence-corrected chi connectivity index (χ4v) is 2.16. The number of rotatable bonds is 5. The summed E-state index contributed by atoms with van der Waals surface area (Å²) in [6.07, 6.45) is 4.37. The number of nitrogens with zero attached hydrogens (tertiary/aromatic N) is 1. The van der Waals surface area contributed by atoms with E-state index in [2.05, 4.69) is 11.1 Å². The van der Waals surface area contributed by atoms with E-state index in [1.54, 1.807) is 14.2 Å². The molecule has 0 aliphatic carbocycles. The second kappa shape index (κ2) is 6.39. The van der Waals surface area contributed by atoms with Crippen LogP contribution in [0.25, 0.3) is 0 Å². The Labute approximate surface area is 119 Å². The van der Waals surface area contributed by atoms with Gasteiger partial charge in [-0.25, -0.2) is 0 Å². The van der Waals surface area contributed by atoms with Crippen LogP contribution >= 0.6 is 0 Å². The standard InChI is InChI=1S/C16H20N2O2/c1-11-6-13(10-18-9-11)14(17)7-12-4-5-15(19-2)16(8-12)20-3/h4-6,8-10,14H,7,17H2,1-3H3.